The van der Waals surface area contributed by atoms with Gasteiger partial charge in [-0.3, -0.25) is 14.4 Å². The van der Waals surface area contributed by atoms with E-state index in [0.717, 1.165) is 0 Å². The Morgan fingerprint density at radius 3 is 2.31 bits per heavy atom. The maximum Gasteiger partial charge on any atom is 0.409 e. The minimum atomic E-state index is -0.946. The van der Waals surface area contributed by atoms with Crippen LogP contribution in [0.15, 0.2) is 36.4 Å². The van der Waals surface area contributed by atoms with E-state index in [1.165, 1.54) is 15.6 Å². The summed E-state index contributed by atoms with van der Waals surface area (Å²) < 4.78 is 11.6. The zero-order valence-corrected chi connectivity index (χ0v) is 22.9. The molecular weight excluding hydrogens is 506 g/mol. The summed E-state index contributed by atoms with van der Waals surface area (Å²) in [6.07, 6.45) is 0.142. The highest BCUT2D eigenvalue weighted by Gasteiger charge is 2.31. The molecule has 1 aromatic carbocycles. The largest absolute Gasteiger partial charge is 0.493 e. The molecule has 39 heavy (non-hydrogen) atoms. The zero-order chi connectivity index (χ0) is 28.6. The molecule has 1 aliphatic rings. The van der Waals surface area contributed by atoms with E-state index in [1.807, 2.05) is 6.07 Å². The molecule has 1 aliphatic heterocycles. The Hall–Kier alpha value is -4.09. The summed E-state index contributed by atoms with van der Waals surface area (Å²) >= 11 is 0. The summed E-state index contributed by atoms with van der Waals surface area (Å²) in [4.78, 5) is 53.9. The molecule has 0 aliphatic carbocycles. The number of esters is 1. The Morgan fingerprint density at radius 1 is 1.05 bits per heavy atom. The molecule has 0 radical (unpaired) electrons. The van der Waals surface area contributed by atoms with Crippen molar-refractivity contribution in [2.24, 2.45) is 0 Å². The smallest absolute Gasteiger partial charge is 0.409 e. The van der Waals surface area contributed by atoms with Crippen LogP contribution in [-0.2, 0) is 19.1 Å². The predicted octanol–water partition coefficient (Wildman–Crippen LogP) is 2.49. The number of para-hydroxylation sites is 1. The van der Waals surface area contributed by atoms with E-state index in [0.29, 0.717) is 25.2 Å². The molecule has 212 valence electrons. The Kier molecular flexibility index (Phi) is 9.91. The normalized spacial score (nSPS) is 14.5. The van der Waals surface area contributed by atoms with Crippen LogP contribution in [0.1, 0.15) is 57.4 Å². The number of carbonyl (C=O) groups is 4. The van der Waals surface area contributed by atoms with Gasteiger partial charge in [0.05, 0.1) is 12.3 Å². The van der Waals surface area contributed by atoms with E-state index in [-0.39, 0.29) is 50.0 Å². The molecule has 0 spiro atoms. The van der Waals surface area contributed by atoms with Crippen molar-refractivity contribution in [2.75, 3.05) is 32.8 Å². The van der Waals surface area contributed by atoms with Gasteiger partial charge in [0.15, 0.2) is 5.69 Å². The van der Waals surface area contributed by atoms with Crippen molar-refractivity contribution in [3.05, 3.63) is 42.1 Å². The van der Waals surface area contributed by atoms with Gasteiger partial charge in [-0.15, -0.1) is 0 Å². The SMILES string of the molecule is CCOC(=O)N1CCN(C(=O)C(CCCC(=O)OC(C)(C)C)NC(=O)c2cc(O)n(-c3ccccc3)n2)CC1. The van der Waals surface area contributed by atoms with Crippen LogP contribution >= 0.6 is 0 Å². The van der Waals surface area contributed by atoms with Crippen LogP contribution in [0.5, 0.6) is 5.88 Å². The van der Waals surface area contributed by atoms with Gasteiger partial charge in [0, 0.05) is 38.7 Å². The maximum absolute atomic E-state index is 13.5. The van der Waals surface area contributed by atoms with Gasteiger partial charge in [-0.25, -0.2) is 9.48 Å². The van der Waals surface area contributed by atoms with Gasteiger partial charge in [0.2, 0.25) is 11.8 Å². The van der Waals surface area contributed by atoms with E-state index in [9.17, 15) is 24.3 Å². The average molecular weight is 544 g/mol. The quantitative estimate of drug-likeness (QED) is 0.459. The van der Waals surface area contributed by atoms with Gasteiger partial charge in [0.1, 0.15) is 11.6 Å². The van der Waals surface area contributed by atoms with E-state index < -0.39 is 29.6 Å². The van der Waals surface area contributed by atoms with Crippen LogP contribution in [0, 0.1) is 0 Å². The standard InChI is InChI=1S/C27H37N5O7/c1-5-38-26(37)31-16-14-30(15-17-31)25(36)20(12-9-13-23(34)39-27(2,3)4)28-24(35)21-18-22(33)32(29-21)19-10-7-6-8-11-19/h6-8,10-11,18,20,33H,5,9,12-17H2,1-4H3,(H,28,35). The molecule has 1 aromatic heterocycles. The van der Waals surface area contributed by atoms with Gasteiger partial charge in [-0.05, 0) is 52.7 Å². The number of nitrogens with one attached hydrogen (secondary N) is 1. The van der Waals surface area contributed by atoms with Crippen LogP contribution in [0.2, 0.25) is 0 Å². The first-order chi connectivity index (χ1) is 18.5. The van der Waals surface area contributed by atoms with Crippen molar-refractivity contribution in [3.8, 4) is 11.6 Å². The van der Waals surface area contributed by atoms with Crippen molar-refractivity contribution < 1.29 is 33.8 Å². The number of hydrogen-bond donors (Lipinski definition) is 2. The summed E-state index contributed by atoms with van der Waals surface area (Å²) in [6.45, 7) is 8.48. The monoisotopic (exact) mass is 543 g/mol. The molecule has 1 saturated heterocycles. The second-order valence-electron chi connectivity index (χ2n) is 10.2. The first kappa shape index (κ1) is 29.5. The fourth-order valence-electron chi connectivity index (χ4n) is 4.12. The zero-order valence-electron chi connectivity index (χ0n) is 22.9. The molecule has 1 atom stereocenters. The number of aromatic hydroxyl groups is 1. The van der Waals surface area contributed by atoms with Crippen molar-refractivity contribution in [1.29, 1.82) is 0 Å². The summed E-state index contributed by atoms with van der Waals surface area (Å²) in [5, 5.41) is 17.3. The lowest BCUT2D eigenvalue weighted by Gasteiger charge is -2.36. The molecule has 1 fully saturated rings. The summed E-state index contributed by atoms with van der Waals surface area (Å²) in [6, 6.07) is 9.10. The fourth-order valence-corrected chi connectivity index (χ4v) is 4.12. The lowest BCUT2D eigenvalue weighted by Crippen LogP contribution is -2.56. The van der Waals surface area contributed by atoms with Crippen molar-refractivity contribution in [3.63, 3.8) is 0 Å². The second kappa shape index (κ2) is 13.1. The number of carbonyl (C=O) groups excluding carboxylic acids is 4. The number of rotatable bonds is 9. The Morgan fingerprint density at radius 2 is 1.69 bits per heavy atom. The van der Waals surface area contributed by atoms with Crippen LogP contribution in [0.25, 0.3) is 5.69 Å². The van der Waals surface area contributed by atoms with Crippen LogP contribution in [-0.4, -0.2) is 93.0 Å². The molecule has 12 heteroatoms. The maximum atomic E-state index is 13.5. The van der Waals surface area contributed by atoms with Crippen molar-refractivity contribution in [2.45, 2.75) is 58.6 Å². The number of hydrogen-bond acceptors (Lipinski definition) is 8. The third-order valence-electron chi connectivity index (χ3n) is 5.94. The van der Waals surface area contributed by atoms with E-state index in [4.69, 9.17) is 9.47 Å². The molecule has 2 N–H and O–H groups in total. The third-order valence-corrected chi connectivity index (χ3v) is 5.94. The lowest BCUT2D eigenvalue weighted by molar-refractivity contribution is -0.155. The third kappa shape index (κ3) is 8.45. The van der Waals surface area contributed by atoms with E-state index in [2.05, 4.69) is 10.4 Å². The first-order valence-corrected chi connectivity index (χ1v) is 13.1. The lowest BCUT2D eigenvalue weighted by atomic mass is 10.1. The number of aromatic nitrogens is 2. The molecule has 0 saturated carbocycles. The van der Waals surface area contributed by atoms with Crippen molar-refractivity contribution in [1.82, 2.24) is 24.9 Å². The number of amides is 3. The minimum Gasteiger partial charge on any atom is -0.493 e. The highest BCUT2D eigenvalue weighted by atomic mass is 16.6. The topological polar surface area (TPSA) is 143 Å². The average Bonchev–Trinajstić information content (AvgIpc) is 3.29. The van der Waals surface area contributed by atoms with Crippen LogP contribution < -0.4 is 5.32 Å². The van der Waals surface area contributed by atoms with E-state index in [1.54, 1.807) is 56.9 Å². The molecule has 12 nitrogen and oxygen atoms in total. The Balaban J connectivity index is 1.70. The van der Waals surface area contributed by atoms with E-state index >= 15 is 0 Å². The molecule has 2 aromatic rings. The summed E-state index contributed by atoms with van der Waals surface area (Å²) in [5.74, 6) is -1.59. The molecule has 3 rings (SSSR count). The molecule has 1 unspecified atom stereocenters. The summed E-state index contributed by atoms with van der Waals surface area (Å²) in [5.41, 5.74) is -0.120. The van der Waals surface area contributed by atoms with Crippen LogP contribution in [0.3, 0.4) is 0 Å². The minimum absolute atomic E-state index is 0.0616. The molecule has 2 heterocycles. The van der Waals surface area contributed by atoms with Gasteiger partial charge in [-0.1, -0.05) is 18.2 Å². The van der Waals surface area contributed by atoms with Gasteiger partial charge in [-0.2, -0.15) is 5.10 Å². The molecular formula is C27H37N5O7. The Bertz CT molecular complexity index is 1150. The number of benzene rings is 1. The Labute approximate surface area is 227 Å². The summed E-state index contributed by atoms with van der Waals surface area (Å²) in [7, 11) is 0. The molecule has 0 bridgehead atoms. The molecule has 3 amide bonds. The van der Waals surface area contributed by atoms with Gasteiger partial charge >= 0.3 is 12.1 Å². The first-order valence-electron chi connectivity index (χ1n) is 13.1. The van der Waals surface area contributed by atoms with Crippen molar-refractivity contribution >= 4 is 23.9 Å². The number of piperazine rings is 1. The predicted molar refractivity (Wildman–Crippen MR) is 141 cm³/mol. The number of nitrogens with zero attached hydrogens (tertiary/aromatic N) is 4. The number of ether oxygens (including phenoxy) is 2. The van der Waals surface area contributed by atoms with Crippen LogP contribution in [0.4, 0.5) is 4.79 Å². The van der Waals surface area contributed by atoms with Gasteiger partial charge < -0.3 is 29.7 Å². The highest BCUT2D eigenvalue weighted by Crippen LogP contribution is 2.19. The fraction of sp³-hybridized carbons (Fsp3) is 0.519. The second-order valence-corrected chi connectivity index (χ2v) is 10.2. The highest BCUT2D eigenvalue weighted by molar-refractivity contribution is 5.96. The van der Waals surface area contributed by atoms with Gasteiger partial charge in [0.25, 0.3) is 5.91 Å².